The van der Waals surface area contributed by atoms with Gasteiger partial charge in [-0.2, -0.15) is 0 Å². The van der Waals surface area contributed by atoms with E-state index in [1.807, 2.05) is 52.0 Å². The van der Waals surface area contributed by atoms with Crippen LogP contribution in [0.4, 0.5) is 9.59 Å². The summed E-state index contributed by atoms with van der Waals surface area (Å²) in [5, 5.41) is 4.89. The third-order valence-electron chi connectivity index (χ3n) is 9.17. The number of amides is 4. The van der Waals surface area contributed by atoms with Crippen molar-refractivity contribution in [3.05, 3.63) is 60.0 Å². The molecule has 6 N–H and O–H groups in total. The smallest absolute Gasteiger partial charge is 0.407 e. The summed E-state index contributed by atoms with van der Waals surface area (Å²) in [5.41, 5.74) is 8.16. The van der Waals surface area contributed by atoms with E-state index in [-0.39, 0.29) is 38.0 Å². The van der Waals surface area contributed by atoms with Crippen LogP contribution >= 0.6 is 0 Å². The summed E-state index contributed by atoms with van der Waals surface area (Å²) in [5.74, 6) is 2.17. The molecule has 0 bridgehead atoms. The molecule has 0 unspecified atom stereocenters. The second-order valence-electron chi connectivity index (χ2n) is 14.6. The van der Waals surface area contributed by atoms with Crippen molar-refractivity contribution in [2.24, 2.45) is 0 Å². The fourth-order valence-corrected chi connectivity index (χ4v) is 6.61. The summed E-state index contributed by atoms with van der Waals surface area (Å²) in [7, 11) is 2.50. The van der Waals surface area contributed by atoms with Crippen molar-refractivity contribution in [2.75, 3.05) is 40.4 Å². The number of imidazole rings is 4. The van der Waals surface area contributed by atoms with E-state index in [0.717, 1.165) is 80.2 Å². The Bertz CT molecular complexity index is 2240. The van der Waals surface area contributed by atoms with Gasteiger partial charge in [-0.1, -0.05) is 66.5 Å². The second kappa shape index (κ2) is 23.3. The summed E-state index contributed by atoms with van der Waals surface area (Å²) >= 11 is 0. The molecule has 62 heavy (non-hydrogen) atoms. The fourth-order valence-electron chi connectivity index (χ4n) is 6.61. The summed E-state index contributed by atoms with van der Waals surface area (Å²) < 4.78 is 9.18. The van der Waals surface area contributed by atoms with Gasteiger partial charge >= 0.3 is 12.2 Å². The summed E-state index contributed by atoms with van der Waals surface area (Å²) in [6.45, 7) is 17.4. The summed E-state index contributed by atoms with van der Waals surface area (Å²) in [6, 6.07) is 8.07. The predicted octanol–water partition coefficient (Wildman–Crippen LogP) is 7.53. The van der Waals surface area contributed by atoms with Crippen LogP contribution in [0.5, 0.6) is 0 Å². The SMILES string of the molecule is CCC.CCC.CCCN(Cc1ncc(-c2ccc(-c3ccc(-c4cnc(CN(CCC)C(=O)CNC(=O)OC)[nH]4)c4nc(C)[nH]c34)c3[nH]c(C)nc23)[nH]1)C(=O)CNC(=O)OC. The summed E-state index contributed by atoms with van der Waals surface area (Å²) in [4.78, 5) is 84.6. The number of fused-ring (bicyclic) bond motifs is 2. The number of hydrogen-bond acceptors (Lipinski definition) is 10. The number of nitrogens with one attached hydrogen (secondary N) is 6. The second-order valence-corrected chi connectivity index (χ2v) is 14.6. The number of aryl methyl sites for hydroxylation is 2. The monoisotopic (exact) mass is 854 g/mol. The van der Waals surface area contributed by atoms with Crippen LogP contribution in [-0.4, -0.2) is 114 Å². The van der Waals surface area contributed by atoms with E-state index >= 15 is 0 Å². The lowest BCUT2D eigenvalue weighted by Gasteiger charge is -2.21. The number of rotatable bonds is 15. The molecule has 2 aromatic carbocycles. The van der Waals surface area contributed by atoms with Crippen LogP contribution in [0.2, 0.25) is 0 Å². The van der Waals surface area contributed by atoms with Crippen LogP contribution in [0.1, 0.15) is 90.5 Å². The first kappa shape index (κ1) is 48.0. The number of aromatic nitrogens is 8. The quantitative estimate of drug-likeness (QED) is 0.0595. The third kappa shape index (κ3) is 12.2. The van der Waals surface area contributed by atoms with Gasteiger partial charge in [0.1, 0.15) is 36.4 Å². The molecule has 0 aliphatic rings. The Labute approximate surface area is 362 Å². The molecule has 4 aromatic heterocycles. The van der Waals surface area contributed by atoms with Crippen molar-refractivity contribution in [2.45, 2.75) is 94.2 Å². The molecule has 6 rings (SSSR count). The molecule has 0 radical (unpaired) electrons. The number of ether oxygens (including phenoxy) is 2. The van der Waals surface area contributed by atoms with E-state index in [2.05, 4.69) is 77.7 Å². The van der Waals surface area contributed by atoms with Crippen LogP contribution in [-0.2, 0) is 32.2 Å². The van der Waals surface area contributed by atoms with Crippen LogP contribution in [0.15, 0.2) is 36.7 Å². The maximum Gasteiger partial charge on any atom is 0.407 e. The molecule has 0 atom stereocenters. The van der Waals surface area contributed by atoms with Crippen molar-refractivity contribution < 1.29 is 28.7 Å². The number of carbonyl (C=O) groups is 4. The Morgan fingerprint density at radius 2 is 0.935 bits per heavy atom. The highest BCUT2D eigenvalue weighted by Crippen LogP contribution is 2.39. The van der Waals surface area contributed by atoms with Gasteiger partial charge in [0, 0.05) is 35.3 Å². The lowest BCUT2D eigenvalue weighted by molar-refractivity contribution is -0.131. The molecule has 18 nitrogen and oxygen atoms in total. The minimum absolute atomic E-state index is 0.180. The average Bonchev–Trinajstić information content (AvgIpc) is 4.08. The number of nitrogens with zero attached hydrogens (tertiary/aromatic N) is 6. The molecule has 0 aliphatic carbocycles. The third-order valence-corrected chi connectivity index (χ3v) is 9.17. The minimum Gasteiger partial charge on any atom is -0.453 e. The van der Waals surface area contributed by atoms with E-state index in [9.17, 15) is 19.2 Å². The average molecular weight is 855 g/mol. The van der Waals surface area contributed by atoms with Gasteiger partial charge in [-0.25, -0.2) is 29.5 Å². The maximum absolute atomic E-state index is 12.9. The number of aromatic amines is 4. The van der Waals surface area contributed by atoms with E-state index in [1.165, 1.54) is 27.1 Å². The predicted molar refractivity (Wildman–Crippen MR) is 240 cm³/mol. The fraction of sp³-hybridized carbons (Fsp3) is 0.455. The van der Waals surface area contributed by atoms with E-state index in [4.69, 9.17) is 9.97 Å². The topological polar surface area (TPSA) is 232 Å². The van der Waals surface area contributed by atoms with Gasteiger partial charge in [-0.3, -0.25) is 9.59 Å². The molecule has 0 saturated carbocycles. The van der Waals surface area contributed by atoms with Crippen LogP contribution in [0.3, 0.4) is 0 Å². The van der Waals surface area contributed by atoms with Crippen molar-refractivity contribution in [3.63, 3.8) is 0 Å². The molecule has 0 fully saturated rings. The number of benzene rings is 2. The van der Waals surface area contributed by atoms with Gasteiger partial charge < -0.3 is 49.8 Å². The minimum atomic E-state index is -0.669. The number of H-pyrrole nitrogens is 4. The first-order valence-electron chi connectivity index (χ1n) is 21.1. The zero-order valence-electron chi connectivity index (χ0n) is 37.7. The molecule has 0 aliphatic heterocycles. The Kier molecular flexibility index (Phi) is 18.0. The number of alkyl carbamates (subject to hydrolysis) is 2. The van der Waals surface area contributed by atoms with Gasteiger partial charge in [0.15, 0.2) is 0 Å². The van der Waals surface area contributed by atoms with Gasteiger partial charge in [0.25, 0.3) is 0 Å². The highest BCUT2D eigenvalue weighted by molar-refractivity contribution is 6.07. The molecular weight excluding hydrogens is 793 g/mol. The lowest BCUT2D eigenvalue weighted by atomic mass is 9.97. The van der Waals surface area contributed by atoms with Gasteiger partial charge in [-0.15, -0.1) is 0 Å². The first-order valence-corrected chi connectivity index (χ1v) is 21.1. The van der Waals surface area contributed by atoms with Crippen molar-refractivity contribution >= 4 is 46.1 Å². The van der Waals surface area contributed by atoms with Gasteiger partial charge in [0.2, 0.25) is 11.8 Å². The summed E-state index contributed by atoms with van der Waals surface area (Å²) in [6.07, 6.45) is 6.09. The van der Waals surface area contributed by atoms with Crippen LogP contribution in [0.25, 0.3) is 55.7 Å². The zero-order valence-corrected chi connectivity index (χ0v) is 37.7. The molecule has 4 amide bonds. The van der Waals surface area contributed by atoms with E-state index < -0.39 is 12.2 Å². The van der Waals surface area contributed by atoms with E-state index in [1.54, 1.807) is 22.2 Å². The molecule has 4 heterocycles. The lowest BCUT2D eigenvalue weighted by Crippen LogP contribution is -2.40. The first-order chi connectivity index (χ1) is 29.9. The number of carbonyl (C=O) groups excluding carboxylic acids is 4. The molecule has 0 saturated heterocycles. The number of methoxy groups -OCH3 is 2. The van der Waals surface area contributed by atoms with Crippen molar-refractivity contribution in [1.82, 2.24) is 60.3 Å². The Hall–Kier alpha value is -6.72. The normalized spacial score (nSPS) is 10.7. The Morgan fingerprint density at radius 3 is 1.27 bits per heavy atom. The Morgan fingerprint density at radius 1 is 0.581 bits per heavy atom. The molecular formula is C44H62N12O6. The van der Waals surface area contributed by atoms with E-state index in [0.29, 0.717) is 24.7 Å². The zero-order chi connectivity index (χ0) is 45.3. The molecule has 0 spiro atoms. The van der Waals surface area contributed by atoms with Gasteiger partial charge in [0.05, 0.1) is 73.2 Å². The Balaban J connectivity index is 0.00000133. The van der Waals surface area contributed by atoms with Crippen molar-refractivity contribution in [1.29, 1.82) is 0 Å². The highest BCUT2D eigenvalue weighted by atomic mass is 16.5. The van der Waals surface area contributed by atoms with Gasteiger partial charge in [-0.05, 0) is 38.8 Å². The highest BCUT2D eigenvalue weighted by Gasteiger charge is 2.22. The maximum atomic E-state index is 12.9. The number of hydrogen-bond donors (Lipinski definition) is 6. The molecule has 334 valence electrons. The standard InChI is InChI=1S/C38H46N12O6.2C3H8/c1-7-13-49(31(51)17-41-37(53)55-5)19-29-39-15-27(47-29)25-11-9-23(33-35(25)45-21(3)43-33)24-10-12-26(36-34(24)44-22(4)46-36)28-16-40-30(48-28)20-50(14-8-2)32(52)18-42-38(54)56-6;2*1-3-2/h9-12,15-16H,7-8,13-14,17-20H2,1-6H3,(H,39,47)(H,40,48)(H,41,53)(H,42,54)(H,43,45)(H,44,46);2*3H2,1-2H3. The molecule has 6 aromatic rings. The molecule has 18 heteroatoms. The van der Waals surface area contributed by atoms with Crippen LogP contribution in [0, 0.1) is 13.8 Å². The largest absolute Gasteiger partial charge is 0.453 e. The van der Waals surface area contributed by atoms with Crippen molar-refractivity contribution in [3.8, 4) is 33.6 Å². The van der Waals surface area contributed by atoms with Crippen LogP contribution < -0.4 is 10.6 Å².